The van der Waals surface area contributed by atoms with Crippen molar-refractivity contribution < 1.29 is 8.42 Å². The first-order valence-electron chi connectivity index (χ1n) is 9.76. The lowest BCUT2D eigenvalue weighted by Crippen LogP contribution is -2.22. The molecule has 0 unspecified atom stereocenters. The summed E-state index contributed by atoms with van der Waals surface area (Å²) < 4.78 is 30.3. The molecule has 11 heteroatoms. The van der Waals surface area contributed by atoms with Crippen molar-refractivity contribution in [1.29, 1.82) is 0 Å². The highest BCUT2D eigenvalue weighted by Crippen LogP contribution is 2.27. The van der Waals surface area contributed by atoms with Crippen LogP contribution in [0, 0.1) is 0 Å². The van der Waals surface area contributed by atoms with Gasteiger partial charge in [0.05, 0.1) is 21.7 Å². The second-order valence-corrected chi connectivity index (χ2v) is 11.3. The van der Waals surface area contributed by atoms with E-state index < -0.39 is 10.0 Å². The highest BCUT2D eigenvalue weighted by atomic mass is 32.2. The SMILES string of the molecule is CCn1c(CSc2nnc(Cc3cccs3)n2C)nc2cc(S(=O)(=O)N(C)C)ccc21. The average molecular weight is 477 g/mol. The Bertz CT molecular complexity index is 1310. The van der Waals surface area contributed by atoms with Gasteiger partial charge in [0.15, 0.2) is 5.16 Å². The number of fused-ring (bicyclic) bond motifs is 1. The van der Waals surface area contributed by atoms with Crippen LogP contribution in [0.25, 0.3) is 11.0 Å². The molecule has 0 aliphatic heterocycles. The standard InChI is InChI=1S/C20H24N6O2S3/c1-5-26-17-9-8-15(31(27,28)24(2)3)12-16(17)21-19(26)13-30-20-23-22-18(25(20)4)11-14-7-6-10-29-14/h6-10,12H,5,11,13H2,1-4H3. The Kier molecular flexibility index (Phi) is 6.20. The Morgan fingerprint density at radius 2 is 1.97 bits per heavy atom. The first-order chi connectivity index (χ1) is 14.8. The third-order valence-electron chi connectivity index (χ3n) is 5.06. The number of hydrogen-bond donors (Lipinski definition) is 0. The number of thioether (sulfide) groups is 1. The molecule has 3 aromatic heterocycles. The molecule has 0 atom stereocenters. The van der Waals surface area contributed by atoms with Gasteiger partial charge < -0.3 is 9.13 Å². The van der Waals surface area contributed by atoms with E-state index in [9.17, 15) is 8.42 Å². The Balaban J connectivity index is 1.58. The van der Waals surface area contributed by atoms with Crippen molar-refractivity contribution in [2.24, 2.45) is 7.05 Å². The number of aryl methyl sites for hydroxylation is 1. The number of hydrogen-bond acceptors (Lipinski definition) is 7. The van der Waals surface area contributed by atoms with E-state index in [0.29, 0.717) is 11.3 Å². The molecule has 3 heterocycles. The number of sulfonamides is 1. The van der Waals surface area contributed by atoms with E-state index in [-0.39, 0.29) is 4.90 Å². The molecule has 8 nitrogen and oxygen atoms in total. The number of thiophene rings is 1. The lowest BCUT2D eigenvalue weighted by molar-refractivity contribution is 0.521. The summed E-state index contributed by atoms with van der Waals surface area (Å²) in [7, 11) is 1.53. The van der Waals surface area contributed by atoms with Gasteiger partial charge in [0.2, 0.25) is 10.0 Å². The summed E-state index contributed by atoms with van der Waals surface area (Å²) in [4.78, 5) is 6.23. The molecule has 0 amide bonds. The number of aromatic nitrogens is 5. The Hall–Kier alpha value is -2.21. The van der Waals surface area contributed by atoms with Gasteiger partial charge in [-0.2, -0.15) is 0 Å². The summed E-state index contributed by atoms with van der Waals surface area (Å²) in [5.74, 6) is 2.42. The zero-order chi connectivity index (χ0) is 22.2. The Labute approximate surface area is 190 Å². The van der Waals surface area contributed by atoms with Crippen LogP contribution in [0.5, 0.6) is 0 Å². The number of imidazole rings is 1. The molecular formula is C20H24N6O2S3. The quantitative estimate of drug-likeness (QED) is 0.363. The van der Waals surface area contributed by atoms with Gasteiger partial charge in [-0.1, -0.05) is 17.8 Å². The third kappa shape index (κ3) is 4.27. The van der Waals surface area contributed by atoms with Crippen LogP contribution >= 0.6 is 23.1 Å². The number of nitrogens with zero attached hydrogens (tertiary/aromatic N) is 6. The molecule has 0 saturated heterocycles. The second kappa shape index (κ2) is 8.73. The summed E-state index contributed by atoms with van der Waals surface area (Å²) >= 11 is 3.29. The predicted octanol–water partition coefficient (Wildman–Crippen LogP) is 3.38. The lowest BCUT2D eigenvalue weighted by atomic mass is 10.3. The summed E-state index contributed by atoms with van der Waals surface area (Å²) in [6.45, 7) is 2.80. The predicted molar refractivity (Wildman–Crippen MR) is 124 cm³/mol. The maximum Gasteiger partial charge on any atom is 0.242 e. The van der Waals surface area contributed by atoms with Crippen molar-refractivity contribution in [2.45, 2.75) is 35.7 Å². The molecule has 1 aromatic carbocycles. The Morgan fingerprint density at radius 1 is 1.16 bits per heavy atom. The molecule has 0 aliphatic carbocycles. The van der Waals surface area contributed by atoms with Crippen molar-refractivity contribution in [3.05, 3.63) is 52.2 Å². The molecule has 0 spiro atoms. The van der Waals surface area contributed by atoms with Gasteiger partial charge in [-0.25, -0.2) is 17.7 Å². The molecule has 0 aliphatic rings. The maximum absolute atomic E-state index is 12.5. The highest BCUT2D eigenvalue weighted by Gasteiger charge is 2.20. The van der Waals surface area contributed by atoms with E-state index >= 15 is 0 Å². The monoisotopic (exact) mass is 476 g/mol. The largest absolute Gasteiger partial charge is 0.328 e. The van der Waals surface area contributed by atoms with Crippen LogP contribution < -0.4 is 0 Å². The van der Waals surface area contributed by atoms with Gasteiger partial charge >= 0.3 is 0 Å². The fraction of sp³-hybridized carbons (Fsp3) is 0.350. The highest BCUT2D eigenvalue weighted by molar-refractivity contribution is 7.98. The van der Waals surface area contributed by atoms with E-state index in [1.165, 1.54) is 23.3 Å². The molecule has 0 radical (unpaired) electrons. The number of benzene rings is 1. The molecule has 0 N–H and O–H groups in total. The van der Waals surface area contributed by atoms with E-state index in [4.69, 9.17) is 4.98 Å². The van der Waals surface area contributed by atoms with Gasteiger partial charge in [0.1, 0.15) is 11.6 Å². The van der Waals surface area contributed by atoms with E-state index in [1.807, 2.05) is 23.7 Å². The van der Waals surface area contributed by atoms with Crippen molar-refractivity contribution in [3.63, 3.8) is 0 Å². The van der Waals surface area contributed by atoms with E-state index in [2.05, 4.69) is 33.1 Å². The molecule has 4 aromatic rings. The van der Waals surface area contributed by atoms with Crippen LogP contribution in [0.1, 0.15) is 23.4 Å². The van der Waals surface area contributed by atoms with Gasteiger partial charge in [-0.05, 0) is 36.6 Å². The van der Waals surface area contributed by atoms with Crippen LogP contribution in [0.4, 0.5) is 0 Å². The van der Waals surface area contributed by atoms with Crippen LogP contribution in [-0.4, -0.2) is 51.1 Å². The number of rotatable bonds is 8. The lowest BCUT2D eigenvalue weighted by Gasteiger charge is -2.11. The van der Waals surface area contributed by atoms with E-state index in [0.717, 1.165) is 35.3 Å². The van der Waals surface area contributed by atoms with E-state index in [1.54, 1.807) is 35.2 Å². The zero-order valence-electron chi connectivity index (χ0n) is 17.8. The van der Waals surface area contributed by atoms with Crippen molar-refractivity contribution in [2.75, 3.05) is 14.1 Å². The van der Waals surface area contributed by atoms with Gasteiger partial charge in [-0.15, -0.1) is 21.5 Å². The van der Waals surface area contributed by atoms with Gasteiger partial charge in [0.25, 0.3) is 0 Å². The molecule has 164 valence electrons. The molecule has 0 bridgehead atoms. The normalized spacial score (nSPS) is 12.3. The minimum Gasteiger partial charge on any atom is -0.328 e. The van der Waals surface area contributed by atoms with Crippen molar-refractivity contribution >= 4 is 44.2 Å². The zero-order valence-corrected chi connectivity index (χ0v) is 20.3. The van der Waals surface area contributed by atoms with Crippen molar-refractivity contribution in [1.82, 2.24) is 28.6 Å². The topological polar surface area (TPSA) is 85.9 Å². The Morgan fingerprint density at radius 3 is 2.65 bits per heavy atom. The maximum atomic E-state index is 12.5. The first-order valence-corrected chi connectivity index (χ1v) is 13.1. The summed E-state index contributed by atoms with van der Waals surface area (Å²) in [6.07, 6.45) is 0.762. The molecule has 0 saturated carbocycles. The van der Waals surface area contributed by atoms with Crippen LogP contribution in [-0.2, 0) is 35.8 Å². The fourth-order valence-electron chi connectivity index (χ4n) is 3.32. The van der Waals surface area contributed by atoms with Crippen LogP contribution in [0.3, 0.4) is 0 Å². The van der Waals surface area contributed by atoms with Crippen molar-refractivity contribution in [3.8, 4) is 0 Å². The smallest absolute Gasteiger partial charge is 0.242 e. The molecule has 4 rings (SSSR count). The summed E-state index contributed by atoms with van der Waals surface area (Å²) in [6, 6.07) is 9.25. The average Bonchev–Trinajstić information content (AvgIpc) is 3.46. The van der Waals surface area contributed by atoms with Crippen LogP contribution in [0.15, 0.2) is 45.8 Å². The molecule has 31 heavy (non-hydrogen) atoms. The third-order valence-corrected chi connectivity index (χ3v) is 8.77. The molecule has 0 fully saturated rings. The first kappa shape index (κ1) is 22.0. The second-order valence-electron chi connectivity index (χ2n) is 7.21. The molecular weight excluding hydrogens is 452 g/mol. The minimum absolute atomic E-state index is 0.247. The summed E-state index contributed by atoms with van der Waals surface area (Å²) in [5.41, 5.74) is 1.60. The minimum atomic E-state index is -3.50. The summed E-state index contributed by atoms with van der Waals surface area (Å²) in [5, 5.41) is 11.6. The fourth-order valence-corrected chi connectivity index (χ4v) is 5.82. The van der Waals surface area contributed by atoms with Crippen LogP contribution in [0.2, 0.25) is 0 Å². The van der Waals surface area contributed by atoms with Gasteiger partial charge in [0, 0.05) is 39.0 Å². The van der Waals surface area contributed by atoms with Gasteiger partial charge in [-0.3, -0.25) is 0 Å².